The highest BCUT2D eigenvalue weighted by Gasteiger charge is 2.23. The van der Waals surface area contributed by atoms with E-state index in [2.05, 4.69) is 24.1 Å². The van der Waals surface area contributed by atoms with E-state index in [1.807, 2.05) is 35.2 Å². The molecule has 0 unspecified atom stereocenters. The van der Waals surface area contributed by atoms with Gasteiger partial charge in [-0.1, -0.05) is 37.0 Å². The SMILES string of the molecule is CC(C)CC(=O)N1CCN(c2ccc(NC(=O)/C=C/c3ccc(-c4ccc(Cl)cc4)o3)cc2Cl)CC1. The zero-order chi connectivity index (χ0) is 25.7. The van der Waals surface area contributed by atoms with E-state index in [9.17, 15) is 9.59 Å². The summed E-state index contributed by atoms with van der Waals surface area (Å²) >= 11 is 12.5. The van der Waals surface area contributed by atoms with E-state index < -0.39 is 0 Å². The van der Waals surface area contributed by atoms with Gasteiger partial charge in [-0.3, -0.25) is 9.59 Å². The number of amides is 2. The number of carbonyl (C=O) groups excluding carboxylic acids is 2. The Morgan fingerprint density at radius 3 is 2.39 bits per heavy atom. The number of carbonyl (C=O) groups is 2. The van der Waals surface area contributed by atoms with E-state index in [4.69, 9.17) is 27.6 Å². The average Bonchev–Trinajstić information content (AvgIpc) is 3.32. The molecule has 0 bridgehead atoms. The van der Waals surface area contributed by atoms with Crippen molar-refractivity contribution >= 4 is 52.5 Å². The van der Waals surface area contributed by atoms with Gasteiger partial charge in [0.05, 0.1) is 10.7 Å². The summed E-state index contributed by atoms with van der Waals surface area (Å²) in [4.78, 5) is 28.8. The Kier molecular flexibility index (Phi) is 8.39. The van der Waals surface area contributed by atoms with Gasteiger partial charge >= 0.3 is 0 Å². The Labute approximate surface area is 221 Å². The maximum absolute atomic E-state index is 12.4. The number of piperazine rings is 1. The van der Waals surface area contributed by atoms with Gasteiger partial charge < -0.3 is 19.5 Å². The molecule has 1 aliphatic rings. The van der Waals surface area contributed by atoms with Crippen LogP contribution < -0.4 is 10.2 Å². The largest absolute Gasteiger partial charge is 0.457 e. The van der Waals surface area contributed by atoms with E-state index in [0.717, 1.165) is 24.3 Å². The lowest BCUT2D eigenvalue weighted by Crippen LogP contribution is -2.49. The summed E-state index contributed by atoms with van der Waals surface area (Å²) in [6.07, 6.45) is 3.61. The molecule has 2 amide bonds. The highest BCUT2D eigenvalue weighted by molar-refractivity contribution is 6.33. The monoisotopic (exact) mass is 525 g/mol. The van der Waals surface area contributed by atoms with Crippen molar-refractivity contribution < 1.29 is 14.0 Å². The lowest BCUT2D eigenvalue weighted by atomic mass is 10.1. The number of rotatable bonds is 7. The van der Waals surface area contributed by atoms with Gasteiger partial charge in [-0.15, -0.1) is 0 Å². The molecule has 188 valence electrons. The molecule has 1 aliphatic heterocycles. The summed E-state index contributed by atoms with van der Waals surface area (Å²) in [7, 11) is 0. The Morgan fingerprint density at radius 1 is 1.00 bits per heavy atom. The smallest absolute Gasteiger partial charge is 0.248 e. The molecule has 0 radical (unpaired) electrons. The van der Waals surface area contributed by atoms with E-state index in [-0.39, 0.29) is 11.8 Å². The first-order valence-corrected chi connectivity index (χ1v) is 12.7. The number of nitrogens with one attached hydrogen (secondary N) is 1. The van der Waals surface area contributed by atoms with Crippen molar-refractivity contribution in [1.29, 1.82) is 0 Å². The highest BCUT2D eigenvalue weighted by Crippen LogP contribution is 2.30. The molecule has 6 nitrogen and oxygen atoms in total. The van der Waals surface area contributed by atoms with Crippen LogP contribution >= 0.6 is 23.2 Å². The first-order valence-electron chi connectivity index (χ1n) is 12.0. The van der Waals surface area contributed by atoms with Crippen molar-refractivity contribution in [1.82, 2.24) is 4.90 Å². The minimum atomic E-state index is -0.291. The molecule has 0 atom stereocenters. The maximum atomic E-state index is 12.4. The second kappa shape index (κ2) is 11.7. The number of halogens is 2. The van der Waals surface area contributed by atoms with Crippen LogP contribution in [0.1, 0.15) is 26.0 Å². The van der Waals surface area contributed by atoms with E-state index >= 15 is 0 Å². The van der Waals surface area contributed by atoms with Crippen LogP contribution in [0.5, 0.6) is 0 Å². The second-order valence-corrected chi connectivity index (χ2v) is 10.0. The zero-order valence-corrected chi connectivity index (χ0v) is 21.9. The van der Waals surface area contributed by atoms with Crippen molar-refractivity contribution in [3.63, 3.8) is 0 Å². The number of nitrogens with zero attached hydrogens (tertiary/aromatic N) is 2. The quantitative estimate of drug-likeness (QED) is 0.353. The van der Waals surface area contributed by atoms with Crippen molar-refractivity contribution in [2.75, 3.05) is 36.4 Å². The first kappa shape index (κ1) is 25.9. The lowest BCUT2D eigenvalue weighted by Gasteiger charge is -2.36. The Hall–Kier alpha value is -3.22. The van der Waals surface area contributed by atoms with E-state index in [1.165, 1.54) is 6.08 Å². The Morgan fingerprint density at radius 2 is 1.72 bits per heavy atom. The van der Waals surface area contributed by atoms with Gasteiger partial charge in [-0.2, -0.15) is 0 Å². The zero-order valence-electron chi connectivity index (χ0n) is 20.3. The summed E-state index contributed by atoms with van der Waals surface area (Å²) in [6, 6.07) is 16.5. The van der Waals surface area contributed by atoms with Crippen LogP contribution in [-0.2, 0) is 9.59 Å². The number of benzene rings is 2. The van der Waals surface area contributed by atoms with Gasteiger partial charge in [0.25, 0.3) is 0 Å². The molecule has 1 fully saturated rings. The van der Waals surface area contributed by atoms with Crippen LogP contribution in [0.4, 0.5) is 11.4 Å². The van der Waals surface area contributed by atoms with Gasteiger partial charge in [-0.05, 0) is 66.6 Å². The molecule has 1 N–H and O–H groups in total. The van der Waals surface area contributed by atoms with Gasteiger partial charge in [0.2, 0.25) is 11.8 Å². The van der Waals surface area contributed by atoms with Crippen LogP contribution in [0, 0.1) is 5.92 Å². The first-order chi connectivity index (χ1) is 17.3. The van der Waals surface area contributed by atoms with Gasteiger partial charge in [0.15, 0.2) is 0 Å². The van der Waals surface area contributed by atoms with E-state index in [1.54, 1.807) is 30.3 Å². The van der Waals surface area contributed by atoms with Crippen LogP contribution in [0.15, 0.2) is 65.1 Å². The summed E-state index contributed by atoms with van der Waals surface area (Å²) in [5.74, 6) is 1.53. The molecule has 1 aromatic heterocycles. The molecule has 2 aromatic carbocycles. The molecule has 36 heavy (non-hydrogen) atoms. The molecule has 0 saturated carbocycles. The molecule has 0 spiro atoms. The molecule has 0 aliphatic carbocycles. The number of hydrogen-bond donors (Lipinski definition) is 1. The highest BCUT2D eigenvalue weighted by atomic mass is 35.5. The summed E-state index contributed by atoms with van der Waals surface area (Å²) in [6.45, 7) is 6.91. The van der Waals surface area contributed by atoms with Crippen LogP contribution in [0.25, 0.3) is 17.4 Å². The Bertz CT molecular complexity index is 1240. The summed E-state index contributed by atoms with van der Waals surface area (Å²) in [5.41, 5.74) is 2.40. The predicted octanol–water partition coefficient (Wildman–Crippen LogP) is 6.60. The fraction of sp³-hybridized carbons (Fsp3) is 0.286. The van der Waals surface area contributed by atoms with Crippen molar-refractivity contribution in [2.24, 2.45) is 5.92 Å². The third-order valence-electron chi connectivity index (χ3n) is 5.93. The van der Waals surface area contributed by atoms with Gasteiger partial charge in [0, 0.05) is 54.9 Å². The van der Waals surface area contributed by atoms with Gasteiger partial charge in [0.1, 0.15) is 11.5 Å². The second-order valence-electron chi connectivity index (χ2n) is 9.16. The molecular formula is C28H29Cl2N3O3. The lowest BCUT2D eigenvalue weighted by molar-refractivity contribution is -0.132. The topological polar surface area (TPSA) is 65.8 Å². The van der Waals surface area contributed by atoms with E-state index in [0.29, 0.717) is 52.7 Å². The van der Waals surface area contributed by atoms with Crippen LogP contribution in [0.3, 0.4) is 0 Å². The molecule has 1 saturated heterocycles. The normalized spacial score (nSPS) is 14.0. The molecule has 8 heteroatoms. The third kappa shape index (κ3) is 6.71. The summed E-state index contributed by atoms with van der Waals surface area (Å²) < 4.78 is 5.79. The number of anilines is 2. The minimum Gasteiger partial charge on any atom is -0.457 e. The minimum absolute atomic E-state index is 0.206. The van der Waals surface area contributed by atoms with Crippen LogP contribution in [0.2, 0.25) is 10.0 Å². The Balaban J connectivity index is 1.31. The molecule has 2 heterocycles. The standard InChI is InChI=1S/C28H29Cl2N3O3/c1-19(2)17-28(35)33-15-13-32(14-16-33)25-10-7-22(18-24(25)30)31-27(34)12-9-23-8-11-26(36-23)20-3-5-21(29)6-4-20/h3-12,18-19H,13-17H2,1-2H3,(H,31,34)/b12-9+. The van der Waals surface area contributed by atoms with Crippen molar-refractivity contribution in [2.45, 2.75) is 20.3 Å². The fourth-order valence-corrected chi connectivity index (χ4v) is 4.50. The van der Waals surface area contributed by atoms with Crippen molar-refractivity contribution in [3.05, 3.63) is 76.5 Å². The number of furan rings is 1. The molecule has 4 rings (SSSR count). The summed E-state index contributed by atoms with van der Waals surface area (Å²) in [5, 5.41) is 4.04. The average molecular weight is 526 g/mol. The predicted molar refractivity (Wildman–Crippen MR) is 147 cm³/mol. The van der Waals surface area contributed by atoms with Gasteiger partial charge in [-0.25, -0.2) is 0 Å². The fourth-order valence-electron chi connectivity index (χ4n) is 4.07. The molecular weight excluding hydrogens is 497 g/mol. The van der Waals surface area contributed by atoms with Crippen molar-refractivity contribution in [3.8, 4) is 11.3 Å². The third-order valence-corrected chi connectivity index (χ3v) is 6.48. The van der Waals surface area contributed by atoms with Crippen LogP contribution in [-0.4, -0.2) is 42.9 Å². The molecule has 3 aromatic rings. The number of hydrogen-bond acceptors (Lipinski definition) is 4. The maximum Gasteiger partial charge on any atom is 0.248 e.